The molecule has 1 atom stereocenters. The lowest BCUT2D eigenvalue weighted by molar-refractivity contribution is -0.119. The Kier molecular flexibility index (Phi) is 7.90. The molecule has 0 aliphatic carbocycles. The third kappa shape index (κ3) is 5.86. The van der Waals surface area contributed by atoms with Crippen molar-refractivity contribution in [2.75, 3.05) is 12.9 Å². The second-order valence-corrected chi connectivity index (χ2v) is 8.03. The van der Waals surface area contributed by atoms with Gasteiger partial charge in [-0.3, -0.25) is 4.79 Å². The molecule has 0 unspecified atom stereocenters. The number of nitrogens with one attached hydrogen (secondary N) is 1. The Morgan fingerprint density at radius 2 is 1.87 bits per heavy atom. The maximum absolute atomic E-state index is 12.2. The highest BCUT2D eigenvalue weighted by molar-refractivity contribution is 7.99. The Labute approximate surface area is 182 Å². The van der Waals surface area contributed by atoms with Crippen molar-refractivity contribution < 1.29 is 9.53 Å². The van der Waals surface area contributed by atoms with Crippen molar-refractivity contribution in [2.24, 2.45) is 0 Å². The second kappa shape index (κ2) is 10.8. The number of amides is 1. The largest absolute Gasteiger partial charge is 0.497 e. The Bertz CT molecular complexity index is 942. The molecule has 1 N–H and O–H groups in total. The second-order valence-electron chi connectivity index (χ2n) is 7.09. The summed E-state index contributed by atoms with van der Waals surface area (Å²) in [6.45, 7) is 4.79. The average molecular weight is 425 g/mol. The van der Waals surface area contributed by atoms with Gasteiger partial charge in [-0.25, -0.2) is 0 Å². The van der Waals surface area contributed by atoms with Gasteiger partial charge < -0.3 is 14.6 Å². The molecule has 2 aromatic carbocycles. The number of rotatable bonds is 10. The summed E-state index contributed by atoms with van der Waals surface area (Å²) in [6, 6.07) is 18.3. The normalized spacial score (nSPS) is 11.8. The van der Waals surface area contributed by atoms with Crippen LogP contribution in [0.1, 0.15) is 25.8 Å². The summed E-state index contributed by atoms with van der Waals surface area (Å²) in [7, 11) is 1.65. The molecule has 6 nitrogen and oxygen atoms in total. The summed E-state index contributed by atoms with van der Waals surface area (Å²) in [5.41, 5.74) is 2.21. The smallest absolute Gasteiger partial charge is 0.230 e. The van der Waals surface area contributed by atoms with Gasteiger partial charge in [-0.15, -0.1) is 10.2 Å². The van der Waals surface area contributed by atoms with Crippen LogP contribution in [0.25, 0.3) is 11.4 Å². The molecule has 0 spiro atoms. The van der Waals surface area contributed by atoms with E-state index in [0.29, 0.717) is 5.75 Å². The van der Waals surface area contributed by atoms with Crippen LogP contribution in [0.2, 0.25) is 0 Å². The van der Waals surface area contributed by atoms with Gasteiger partial charge in [-0.05, 0) is 49.6 Å². The van der Waals surface area contributed by atoms with Crippen LogP contribution < -0.4 is 10.1 Å². The van der Waals surface area contributed by atoms with Gasteiger partial charge in [0.25, 0.3) is 0 Å². The number of benzene rings is 2. The number of thioether (sulfide) groups is 1. The molecule has 3 aromatic rings. The number of ether oxygens (including phenoxy) is 1. The van der Waals surface area contributed by atoms with E-state index in [2.05, 4.69) is 39.1 Å². The molecule has 1 aromatic heterocycles. The van der Waals surface area contributed by atoms with E-state index in [1.165, 1.54) is 17.3 Å². The molecule has 0 aliphatic heterocycles. The molecule has 0 saturated heterocycles. The lowest BCUT2D eigenvalue weighted by Gasteiger charge is -2.12. The first-order chi connectivity index (χ1) is 14.6. The summed E-state index contributed by atoms with van der Waals surface area (Å²) in [6.07, 6.45) is 1.76. The molecule has 0 radical (unpaired) electrons. The standard InChI is InChI=1S/C23H28N4O2S/c1-4-17(2)24-21(28)16-30-23-26-25-22(19-10-12-20(29-3)13-11-19)27(23)15-14-18-8-6-5-7-9-18/h5-13,17H,4,14-16H2,1-3H3,(H,24,28)/t17-/m0/s1. The van der Waals surface area contributed by atoms with E-state index >= 15 is 0 Å². The molecule has 158 valence electrons. The SMILES string of the molecule is CC[C@H](C)NC(=O)CSc1nnc(-c2ccc(OC)cc2)n1CCc1ccccc1. The monoisotopic (exact) mass is 424 g/mol. The number of aromatic nitrogens is 3. The van der Waals surface area contributed by atoms with Crippen molar-refractivity contribution in [3.05, 3.63) is 60.2 Å². The summed E-state index contributed by atoms with van der Waals surface area (Å²) in [5.74, 6) is 1.91. The Morgan fingerprint density at radius 1 is 1.13 bits per heavy atom. The number of methoxy groups -OCH3 is 1. The minimum Gasteiger partial charge on any atom is -0.497 e. The van der Waals surface area contributed by atoms with Crippen LogP contribution in [-0.4, -0.2) is 39.6 Å². The fourth-order valence-corrected chi connectivity index (χ4v) is 3.76. The van der Waals surface area contributed by atoms with Gasteiger partial charge in [-0.2, -0.15) is 0 Å². The molecule has 30 heavy (non-hydrogen) atoms. The van der Waals surface area contributed by atoms with E-state index in [-0.39, 0.29) is 11.9 Å². The first kappa shape index (κ1) is 21.9. The van der Waals surface area contributed by atoms with Crippen LogP contribution in [0.4, 0.5) is 0 Å². The summed E-state index contributed by atoms with van der Waals surface area (Å²) in [4.78, 5) is 12.2. The Morgan fingerprint density at radius 3 is 2.53 bits per heavy atom. The molecular formula is C23H28N4O2S. The number of carbonyl (C=O) groups is 1. The maximum Gasteiger partial charge on any atom is 0.230 e. The molecule has 0 aliphatic rings. The van der Waals surface area contributed by atoms with Gasteiger partial charge in [0.05, 0.1) is 12.9 Å². The summed E-state index contributed by atoms with van der Waals surface area (Å²) in [5, 5.41) is 12.6. The van der Waals surface area contributed by atoms with E-state index in [4.69, 9.17) is 4.74 Å². The predicted octanol–water partition coefficient (Wildman–Crippen LogP) is 4.20. The fourth-order valence-electron chi connectivity index (χ4n) is 2.98. The zero-order valence-electron chi connectivity index (χ0n) is 17.7. The van der Waals surface area contributed by atoms with Gasteiger partial charge in [0, 0.05) is 18.2 Å². The van der Waals surface area contributed by atoms with Crippen molar-refractivity contribution >= 4 is 17.7 Å². The first-order valence-electron chi connectivity index (χ1n) is 10.1. The van der Waals surface area contributed by atoms with Gasteiger partial charge in [0.1, 0.15) is 5.75 Å². The zero-order chi connectivity index (χ0) is 21.3. The van der Waals surface area contributed by atoms with Gasteiger partial charge in [0.2, 0.25) is 5.91 Å². The predicted molar refractivity (Wildman–Crippen MR) is 121 cm³/mol. The van der Waals surface area contributed by atoms with Crippen molar-refractivity contribution in [1.29, 1.82) is 0 Å². The van der Waals surface area contributed by atoms with E-state index in [9.17, 15) is 4.79 Å². The van der Waals surface area contributed by atoms with Crippen LogP contribution in [0.5, 0.6) is 5.75 Å². The van der Waals surface area contributed by atoms with Crippen LogP contribution in [-0.2, 0) is 17.8 Å². The lowest BCUT2D eigenvalue weighted by Crippen LogP contribution is -2.33. The summed E-state index contributed by atoms with van der Waals surface area (Å²) < 4.78 is 7.35. The molecular weight excluding hydrogens is 396 g/mol. The molecule has 0 saturated carbocycles. The highest BCUT2D eigenvalue weighted by Gasteiger charge is 2.16. The average Bonchev–Trinajstić information content (AvgIpc) is 3.19. The fraction of sp³-hybridized carbons (Fsp3) is 0.348. The number of aryl methyl sites for hydroxylation is 1. The van der Waals surface area contributed by atoms with Crippen molar-refractivity contribution in [2.45, 2.75) is 44.4 Å². The molecule has 0 bridgehead atoms. The van der Waals surface area contributed by atoms with Crippen molar-refractivity contribution in [1.82, 2.24) is 20.1 Å². The highest BCUT2D eigenvalue weighted by Crippen LogP contribution is 2.26. The zero-order valence-corrected chi connectivity index (χ0v) is 18.5. The van der Waals surface area contributed by atoms with Crippen molar-refractivity contribution in [3.63, 3.8) is 0 Å². The first-order valence-corrected chi connectivity index (χ1v) is 11.1. The number of nitrogens with zero attached hydrogens (tertiary/aromatic N) is 3. The van der Waals surface area contributed by atoms with E-state index < -0.39 is 0 Å². The summed E-state index contributed by atoms with van der Waals surface area (Å²) >= 11 is 1.42. The van der Waals surface area contributed by atoms with Crippen LogP contribution >= 0.6 is 11.8 Å². The van der Waals surface area contributed by atoms with E-state index in [1.807, 2.05) is 49.4 Å². The van der Waals surface area contributed by atoms with Gasteiger partial charge in [-0.1, -0.05) is 49.0 Å². The number of hydrogen-bond donors (Lipinski definition) is 1. The number of hydrogen-bond acceptors (Lipinski definition) is 5. The third-order valence-corrected chi connectivity index (χ3v) is 5.85. The van der Waals surface area contributed by atoms with Crippen molar-refractivity contribution in [3.8, 4) is 17.1 Å². The van der Waals surface area contributed by atoms with Gasteiger partial charge in [0.15, 0.2) is 11.0 Å². The number of carbonyl (C=O) groups excluding carboxylic acids is 1. The highest BCUT2D eigenvalue weighted by atomic mass is 32.2. The molecule has 3 rings (SSSR count). The molecule has 0 fully saturated rings. The Balaban J connectivity index is 1.80. The molecule has 1 amide bonds. The maximum atomic E-state index is 12.2. The van der Waals surface area contributed by atoms with Gasteiger partial charge >= 0.3 is 0 Å². The minimum atomic E-state index is 0.0120. The van der Waals surface area contributed by atoms with Crippen LogP contribution in [0.3, 0.4) is 0 Å². The Hall–Kier alpha value is -2.80. The van der Waals surface area contributed by atoms with E-state index in [1.54, 1.807) is 7.11 Å². The topological polar surface area (TPSA) is 69.0 Å². The van der Waals surface area contributed by atoms with E-state index in [0.717, 1.165) is 41.7 Å². The molecule has 1 heterocycles. The third-order valence-electron chi connectivity index (χ3n) is 4.88. The van der Waals surface area contributed by atoms with Crippen LogP contribution in [0, 0.1) is 0 Å². The molecule has 7 heteroatoms. The quantitative estimate of drug-likeness (QED) is 0.494. The van der Waals surface area contributed by atoms with Crippen LogP contribution in [0.15, 0.2) is 59.8 Å². The minimum absolute atomic E-state index is 0.0120. The lowest BCUT2D eigenvalue weighted by atomic mass is 10.1.